The van der Waals surface area contributed by atoms with Gasteiger partial charge in [0.05, 0.1) is 16.2 Å². The van der Waals surface area contributed by atoms with Gasteiger partial charge < -0.3 is 10.6 Å². The van der Waals surface area contributed by atoms with Gasteiger partial charge in [0.15, 0.2) is 0 Å². The fourth-order valence-electron chi connectivity index (χ4n) is 3.22. The van der Waals surface area contributed by atoms with E-state index in [0.29, 0.717) is 23.5 Å². The van der Waals surface area contributed by atoms with Crippen molar-refractivity contribution in [2.75, 3.05) is 18.4 Å². The molecule has 0 aliphatic heterocycles. The second-order valence-electron chi connectivity index (χ2n) is 6.87. The molecule has 2 aromatic heterocycles. The number of nitrogens with zero attached hydrogens (tertiary/aromatic N) is 4. The second-order valence-corrected chi connectivity index (χ2v) is 6.87. The SMILES string of the molecule is O=C(NCCNc1ccccc1[N+](=O)[O-])c1cn(-c2ccccc2)nc1-c1cccnc1. The van der Waals surface area contributed by atoms with Gasteiger partial charge in [0.1, 0.15) is 11.4 Å². The fraction of sp³-hybridized carbons (Fsp3) is 0.0870. The van der Waals surface area contributed by atoms with E-state index in [0.717, 1.165) is 11.3 Å². The lowest BCUT2D eigenvalue weighted by molar-refractivity contribution is -0.384. The number of nitrogens with one attached hydrogen (secondary N) is 2. The zero-order valence-corrected chi connectivity index (χ0v) is 17.0. The molecule has 4 aromatic rings. The normalized spacial score (nSPS) is 10.5. The molecule has 0 spiro atoms. The molecule has 0 bridgehead atoms. The number of carbonyl (C=O) groups is 1. The minimum atomic E-state index is -0.445. The Kier molecular flexibility index (Phi) is 6.17. The van der Waals surface area contributed by atoms with Crippen LogP contribution in [0.1, 0.15) is 10.4 Å². The van der Waals surface area contributed by atoms with E-state index < -0.39 is 4.92 Å². The largest absolute Gasteiger partial charge is 0.378 e. The predicted molar refractivity (Wildman–Crippen MR) is 121 cm³/mol. The number of carbonyl (C=O) groups excluding carboxylic acids is 1. The van der Waals surface area contributed by atoms with Crippen LogP contribution in [0.5, 0.6) is 0 Å². The monoisotopic (exact) mass is 428 g/mol. The van der Waals surface area contributed by atoms with Crippen molar-refractivity contribution in [1.29, 1.82) is 0 Å². The minimum absolute atomic E-state index is 0.0122. The van der Waals surface area contributed by atoms with E-state index in [9.17, 15) is 14.9 Å². The summed E-state index contributed by atoms with van der Waals surface area (Å²) in [6.45, 7) is 0.597. The molecule has 9 nitrogen and oxygen atoms in total. The van der Waals surface area contributed by atoms with Crippen molar-refractivity contribution in [2.24, 2.45) is 0 Å². The molecule has 4 rings (SSSR count). The van der Waals surface area contributed by atoms with Crippen LogP contribution in [0.4, 0.5) is 11.4 Å². The first-order chi connectivity index (χ1) is 15.6. The van der Waals surface area contributed by atoms with Gasteiger partial charge in [0.2, 0.25) is 0 Å². The Labute approximate surface area is 183 Å². The molecule has 0 unspecified atom stereocenters. The predicted octanol–water partition coefficient (Wildman–Crippen LogP) is 3.68. The molecule has 0 saturated heterocycles. The molecule has 0 aliphatic rings. The number of benzene rings is 2. The summed E-state index contributed by atoms with van der Waals surface area (Å²) in [7, 11) is 0. The Morgan fingerprint density at radius 2 is 1.78 bits per heavy atom. The van der Waals surface area contributed by atoms with Crippen LogP contribution in [0.15, 0.2) is 85.3 Å². The van der Waals surface area contributed by atoms with Gasteiger partial charge >= 0.3 is 0 Å². The van der Waals surface area contributed by atoms with Crippen LogP contribution in [0.25, 0.3) is 16.9 Å². The van der Waals surface area contributed by atoms with Crippen LogP contribution in [-0.4, -0.2) is 38.7 Å². The highest BCUT2D eigenvalue weighted by atomic mass is 16.6. The number of rotatable bonds is 8. The summed E-state index contributed by atoms with van der Waals surface area (Å²) >= 11 is 0. The van der Waals surface area contributed by atoms with Crippen molar-refractivity contribution in [3.05, 3.63) is 101 Å². The van der Waals surface area contributed by atoms with E-state index in [-0.39, 0.29) is 18.1 Å². The minimum Gasteiger partial charge on any atom is -0.378 e. The van der Waals surface area contributed by atoms with Gasteiger partial charge in [-0.3, -0.25) is 19.9 Å². The third kappa shape index (κ3) is 4.62. The van der Waals surface area contributed by atoms with Crippen LogP contribution in [-0.2, 0) is 0 Å². The Morgan fingerprint density at radius 1 is 1.00 bits per heavy atom. The van der Waals surface area contributed by atoms with E-state index in [1.807, 2.05) is 36.4 Å². The maximum Gasteiger partial charge on any atom is 0.292 e. The number of hydrogen-bond acceptors (Lipinski definition) is 6. The van der Waals surface area contributed by atoms with Gasteiger partial charge in [-0.1, -0.05) is 30.3 Å². The molecular weight excluding hydrogens is 408 g/mol. The first-order valence-electron chi connectivity index (χ1n) is 9.94. The van der Waals surface area contributed by atoms with E-state index in [4.69, 9.17) is 0 Å². The average molecular weight is 428 g/mol. The number of pyridine rings is 1. The number of anilines is 1. The first kappa shape index (κ1) is 20.7. The van der Waals surface area contributed by atoms with Crippen molar-refractivity contribution >= 4 is 17.3 Å². The Balaban J connectivity index is 1.49. The number of nitro benzene ring substituents is 1. The molecule has 0 atom stereocenters. The maximum absolute atomic E-state index is 12.9. The molecule has 0 aliphatic carbocycles. The molecule has 0 saturated carbocycles. The highest BCUT2D eigenvalue weighted by Crippen LogP contribution is 2.24. The average Bonchev–Trinajstić information content (AvgIpc) is 3.29. The summed E-state index contributed by atoms with van der Waals surface area (Å²) in [4.78, 5) is 27.8. The van der Waals surface area contributed by atoms with Gasteiger partial charge in [-0.05, 0) is 30.3 Å². The summed E-state index contributed by atoms with van der Waals surface area (Å²) in [5, 5.41) is 21.6. The lowest BCUT2D eigenvalue weighted by atomic mass is 10.1. The van der Waals surface area contributed by atoms with E-state index in [1.165, 1.54) is 6.07 Å². The number of hydrogen-bond donors (Lipinski definition) is 2. The molecule has 32 heavy (non-hydrogen) atoms. The molecule has 0 fully saturated rings. The first-order valence-corrected chi connectivity index (χ1v) is 9.94. The van der Waals surface area contributed by atoms with Gasteiger partial charge in [-0.2, -0.15) is 5.10 Å². The zero-order chi connectivity index (χ0) is 22.3. The third-order valence-electron chi connectivity index (χ3n) is 4.74. The number of para-hydroxylation sites is 3. The summed E-state index contributed by atoms with van der Waals surface area (Å²) in [5.41, 5.74) is 2.88. The number of aromatic nitrogens is 3. The van der Waals surface area contributed by atoms with E-state index in [1.54, 1.807) is 47.5 Å². The van der Waals surface area contributed by atoms with Gasteiger partial charge in [-0.25, -0.2) is 4.68 Å². The van der Waals surface area contributed by atoms with Crippen molar-refractivity contribution in [2.45, 2.75) is 0 Å². The molecule has 2 heterocycles. The van der Waals surface area contributed by atoms with Crippen LogP contribution in [0, 0.1) is 10.1 Å². The smallest absolute Gasteiger partial charge is 0.292 e. The number of nitro groups is 1. The standard InChI is InChI=1S/C23H20N6O3/c30-23(26-14-13-25-20-10-4-5-11-21(20)29(31)32)19-16-28(18-8-2-1-3-9-18)27-22(19)17-7-6-12-24-15-17/h1-12,15-16,25H,13-14H2,(H,26,30). The fourth-order valence-corrected chi connectivity index (χ4v) is 3.22. The summed E-state index contributed by atoms with van der Waals surface area (Å²) in [6, 6.07) is 19.5. The molecule has 0 radical (unpaired) electrons. The zero-order valence-electron chi connectivity index (χ0n) is 17.0. The van der Waals surface area contributed by atoms with Crippen LogP contribution >= 0.6 is 0 Å². The van der Waals surface area contributed by atoms with Crippen molar-refractivity contribution in [3.63, 3.8) is 0 Å². The van der Waals surface area contributed by atoms with Crippen molar-refractivity contribution < 1.29 is 9.72 Å². The summed E-state index contributed by atoms with van der Waals surface area (Å²) in [6.07, 6.45) is 5.00. The Morgan fingerprint density at radius 3 is 2.53 bits per heavy atom. The highest BCUT2D eigenvalue weighted by Gasteiger charge is 2.19. The van der Waals surface area contributed by atoms with Gasteiger partial charge in [-0.15, -0.1) is 0 Å². The summed E-state index contributed by atoms with van der Waals surface area (Å²) in [5.74, 6) is -0.296. The van der Waals surface area contributed by atoms with E-state index in [2.05, 4.69) is 20.7 Å². The lowest BCUT2D eigenvalue weighted by Crippen LogP contribution is -2.29. The molecule has 9 heteroatoms. The highest BCUT2D eigenvalue weighted by molar-refractivity contribution is 5.99. The van der Waals surface area contributed by atoms with Gasteiger partial charge in [0, 0.05) is 43.3 Å². The molecule has 2 aromatic carbocycles. The van der Waals surface area contributed by atoms with Gasteiger partial charge in [0.25, 0.3) is 11.6 Å². The van der Waals surface area contributed by atoms with E-state index >= 15 is 0 Å². The van der Waals surface area contributed by atoms with Crippen LogP contribution in [0.2, 0.25) is 0 Å². The molecule has 160 valence electrons. The topological polar surface area (TPSA) is 115 Å². The molecule has 1 amide bonds. The van der Waals surface area contributed by atoms with Crippen LogP contribution < -0.4 is 10.6 Å². The van der Waals surface area contributed by atoms with Crippen molar-refractivity contribution in [1.82, 2.24) is 20.1 Å². The third-order valence-corrected chi connectivity index (χ3v) is 4.74. The molecule has 2 N–H and O–H groups in total. The Bertz CT molecular complexity index is 1220. The Hall–Kier alpha value is -4.53. The van der Waals surface area contributed by atoms with Crippen molar-refractivity contribution in [3.8, 4) is 16.9 Å². The lowest BCUT2D eigenvalue weighted by Gasteiger charge is -2.08. The molecular formula is C23H20N6O3. The number of amides is 1. The summed E-state index contributed by atoms with van der Waals surface area (Å²) < 4.78 is 1.66. The maximum atomic E-state index is 12.9. The second kappa shape index (κ2) is 9.52. The quantitative estimate of drug-likeness (QED) is 0.251. The van der Waals surface area contributed by atoms with Crippen LogP contribution in [0.3, 0.4) is 0 Å².